The molecule has 1 aromatic heterocycles. The van der Waals surface area contributed by atoms with Crippen molar-refractivity contribution in [2.45, 2.75) is 0 Å². The molecule has 0 spiro atoms. The van der Waals surface area contributed by atoms with Gasteiger partial charge in [-0.3, -0.25) is 0 Å². The zero-order valence-electron chi connectivity index (χ0n) is 11.0. The van der Waals surface area contributed by atoms with E-state index in [1.807, 2.05) is 36.4 Å². The van der Waals surface area contributed by atoms with Gasteiger partial charge in [0, 0.05) is 5.56 Å². The molecule has 0 bridgehead atoms. The van der Waals surface area contributed by atoms with Crippen molar-refractivity contribution < 1.29 is 14.0 Å². The molecule has 0 unspecified atom stereocenters. The van der Waals surface area contributed by atoms with Crippen molar-refractivity contribution >= 4 is 22.6 Å². The summed E-state index contributed by atoms with van der Waals surface area (Å²) in [5.41, 5.74) is 2.05. The average Bonchev–Trinajstić information content (AvgIpc) is 2.90. The van der Waals surface area contributed by atoms with Crippen molar-refractivity contribution in [1.82, 2.24) is 5.16 Å². The van der Waals surface area contributed by atoms with E-state index in [2.05, 4.69) is 5.16 Å². The van der Waals surface area contributed by atoms with Gasteiger partial charge in [-0.2, -0.15) is 0 Å². The number of halogens is 1. The topological polar surface area (TPSA) is 44.5 Å². The highest BCUT2D eigenvalue weighted by Crippen LogP contribution is 2.40. The molecule has 2 aromatic carbocycles. The van der Waals surface area contributed by atoms with Crippen LogP contribution in [0.4, 0.5) is 0 Å². The fourth-order valence-corrected chi connectivity index (χ4v) is 2.39. The highest BCUT2D eigenvalue weighted by molar-refractivity contribution is 6.33. The van der Waals surface area contributed by atoms with Crippen LogP contribution in [0.3, 0.4) is 0 Å². The van der Waals surface area contributed by atoms with Crippen molar-refractivity contribution in [2.75, 3.05) is 14.2 Å². The quantitative estimate of drug-likeness (QED) is 0.726. The smallest absolute Gasteiger partial charge is 0.213 e. The van der Waals surface area contributed by atoms with Gasteiger partial charge in [0.2, 0.25) is 11.3 Å². The van der Waals surface area contributed by atoms with Crippen molar-refractivity contribution in [3.05, 3.63) is 41.4 Å². The fraction of sp³-hybridized carbons (Fsp3) is 0.133. The zero-order valence-corrected chi connectivity index (χ0v) is 11.8. The van der Waals surface area contributed by atoms with Gasteiger partial charge >= 0.3 is 0 Å². The Morgan fingerprint density at radius 2 is 1.85 bits per heavy atom. The maximum Gasteiger partial charge on any atom is 0.213 e. The van der Waals surface area contributed by atoms with Crippen LogP contribution in [0.2, 0.25) is 5.02 Å². The lowest BCUT2D eigenvalue weighted by atomic mass is 10.1. The number of aromatic nitrogens is 1. The Hall–Kier alpha value is -2.20. The normalized spacial score (nSPS) is 10.8. The molecular formula is C15H12ClNO3. The molecule has 5 heteroatoms. The predicted molar refractivity (Wildman–Crippen MR) is 77.6 cm³/mol. The molecule has 0 saturated carbocycles. The number of ether oxygens (including phenoxy) is 2. The van der Waals surface area contributed by atoms with Crippen molar-refractivity contribution in [3.8, 4) is 22.8 Å². The third-order valence-electron chi connectivity index (χ3n) is 3.11. The van der Waals surface area contributed by atoms with Crippen LogP contribution in [0, 0.1) is 0 Å². The molecule has 0 saturated heterocycles. The van der Waals surface area contributed by atoms with Crippen molar-refractivity contribution in [2.24, 2.45) is 0 Å². The van der Waals surface area contributed by atoms with E-state index >= 15 is 0 Å². The third kappa shape index (κ3) is 1.89. The third-order valence-corrected chi connectivity index (χ3v) is 3.44. The molecule has 3 aromatic rings. The maximum atomic E-state index is 6.21. The maximum absolute atomic E-state index is 6.21. The van der Waals surface area contributed by atoms with E-state index in [4.69, 9.17) is 25.6 Å². The molecule has 0 aliphatic carbocycles. The van der Waals surface area contributed by atoms with Crippen LogP contribution < -0.4 is 9.47 Å². The van der Waals surface area contributed by atoms with Gasteiger partial charge in [-0.15, -0.1) is 0 Å². The molecule has 20 heavy (non-hydrogen) atoms. The molecule has 0 fully saturated rings. The second-order valence-corrected chi connectivity index (χ2v) is 4.60. The molecule has 102 valence electrons. The van der Waals surface area contributed by atoms with Gasteiger partial charge in [0.25, 0.3) is 0 Å². The Balaban J connectivity index is 2.28. The minimum Gasteiger partial charge on any atom is -0.493 e. The molecule has 0 atom stereocenters. The highest BCUT2D eigenvalue weighted by Gasteiger charge is 2.19. The van der Waals surface area contributed by atoms with E-state index in [-0.39, 0.29) is 0 Å². The monoisotopic (exact) mass is 289 g/mol. The van der Waals surface area contributed by atoms with Gasteiger partial charge in [-0.25, -0.2) is 0 Å². The van der Waals surface area contributed by atoms with E-state index in [0.717, 1.165) is 10.9 Å². The first-order valence-electron chi connectivity index (χ1n) is 6.01. The SMILES string of the molecule is COc1ccc2c(-c3ccccc3Cl)noc2c1OC. The summed E-state index contributed by atoms with van der Waals surface area (Å²) in [6, 6.07) is 11.2. The Labute approximate surface area is 120 Å². The van der Waals surface area contributed by atoms with Gasteiger partial charge in [0.15, 0.2) is 5.75 Å². The second kappa shape index (κ2) is 5.06. The first-order valence-corrected chi connectivity index (χ1v) is 6.39. The van der Waals surface area contributed by atoms with Crippen LogP contribution in [-0.2, 0) is 0 Å². The number of hydrogen-bond acceptors (Lipinski definition) is 4. The minimum atomic E-state index is 0.524. The number of fused-ring (bicyclic) bond motifs is 1. The number of rotatable bonds is 3. The summed E-state index contributed by atoms with van der Waals surface area (Å²) >= 11 is 6.21. The molecule has 0 amide bonds. The Kier molecular flexibility index (Phi) is 3.24. The second-order valence-electron chi connectivity index (χ2n) is 4.19. The summed E-state index contributed by atoms with van der Waals surface area (Å²) in [7, 11) is 3.14. The highest BCUT2D eigenvalue weighted by atomic mass is 35.5. The van der Waals surface area contributed by atoms with Gasteiger partial charge < -0.3 is 14.0 Å². The molecule has 3 rings (SSSR count). The summed E-state index contributed by atoms with van der Waals surface area (Å²) in [6.07, 6.45) is 0. The Bertz CT molecular complexity index is 767. The van der Waals surface area contributed by atoms with Crippen LogP contribution in [0.1, 0.15) is 0 Å². The summed E-state index contributed by atoms with van der Waals surface area (Å²) in [6.45, 7) is 0. The minimum absolute atomic E-state index is 0.524. The Morgan fingerprint density at radius 1 is 1.05 bits per heavy atom. The summed E-state index contributed by atoms with van der Waals surface area (Å²) in [4.78, 5) is 0. The standard InChI is InChI=1S/C15H12ClNO3/c1-18-12-8-7-10-13(9-5-3-4-6-11(9)16)17-20-14(10)15(12)19-2/h3-8H,1-2H3. The fourth-order valence-electron chi connectivity index (χ4n) is 2.16. The molecule has 0 aliphatic rings. The first kappa shape index (κ1) is 12.8. The van der Waals surface area contributed by atoms with Gasteiger partial charge in [0.05, 0.1) is 24.6 Å². The molecule has 0 radical (unpaired) electrons. The van der Waals surface area contributed by atoms with Crippen LogP contribution >= 0.6 is 11.6 Å². The Morgan fingerprint density at radius 3 is 2.55 bits per heavy atom. The van der Waals surface area contributed by atoms with Gasteiger partial charge in [-0.05, 0) is 18.2 Å². The van der Waals surface area contributed by atoms with E-state index in [9.17, 15) is 0 Å². The summed E-state index contributed by atoms with van der Waals surface area (Å²) in [5, 5.41) is 5.57. The molecule has 0 N–H and O–H groups in total. The number of benzene rings is 2. The lowest BCUT2D eigenvalue weighted by molar-refractivity contribution is 0.348. The zero-order chi connectivity index (χ0) is 14.1. The summed E-state index contributed by atoms with van der Waals surface area (Å²) < 4.78 is 16.0. The van der Waals surface area contributed by atoms with Crippen LogP contribution in [0.15, 0.2) is 40.9 Å². The molecule has 0 aliphatic heterocycles. The lowest BCUT2D eigenvalue weighted by Gasteiger charge is -2.06. The predicted octanol–water partition coefficient (Wildman–Crippen LogP) is 4.17. The molecule has 1 heterocycles. The number of nitrogens with zero attached hydrogens (tertiary/aromatic N) is 1. The van der Waals surface area contributed by atoms with Gasteiger partial charge in [0.1, 0.15) is 5.69 Å². The van der Waals surface area contributed by atoms with Crippen LogP contribution in [0.5, 0.6) is 11.5 Å². The van der Waals surface area contributed by atoms with Gasteiger partial charge in [-0.1, -0.05) is 35.0 Å². The van der Waals surface area contributed by atoms with Crippen LogP contribution in [-0.4, -0.2) is 19.4 Å². The van der Waals surface area contributed by atoms with E-state index in [1.165, 1.54) is 0 Å². The number of methoxy groups -OCH3 is 2. The van der Waals surface area contributed by atoms with Crippen molar-refractivity contribution in [1.29, 1.82) is 0 Å². The van der Waals surface area contributed by atoms with Crippen molar-refractivity contribution in [3.63, 3.8) is 0 Å². The first-order chi connectivity index (χ1) is 9.76. The molecule has 4 nitrogen and oxygen atoms in total. The largest absolute Gasteiger partial charge is 0.493 e. The lowest BCUT2D eigenvalue weighted by Crippen LogP contribution is -1.90. The van der Waals surface area contributed by atoms with Crippen LogP contribution in [0.25, 0.3) is 22.2 Å². The van der Waals surface area contributed by atoms with E-state index in [1.54, 1.807) is 14.2 Å². The number of hydrogen-bond donors (Lipinski definition) is 0. The van der Waals surface area contributed by atoms with E-state index < -0.39 is 0 Å². The summed E-state index contributed by atoms with van der Waals surface area (Å²) in [5.74, 6) is 1.12. The average molecular weight is 290 g/mol. The molecular weight excluding hydrogens is 278 g/mol. The van der Waals surface area contributed by atoms with E-state index in [0.29, 0.717) is 27.8 Å².